The quantitative estimate of drug-likeness (QED) is 0.213. The fourth-order valence-electron chi connectivity index (χ4n) is 5.46. The van der Waals surface area contributed by atoms with E-state index < -0.39 is 6.10 Å². The summed E-state index contributed by atoms with van der Waals surface area (Å²) >= 11 is 6.43. The van der Waals surface area contributed by atoms with Gasteiger partial charge in [0.1, 0.15) is 17.1 Å². The van der Waals surface area contributed by atoms with E-state index in [9.17, 15) is 9.90 Å². The summed E-state index contributed by atoms with van der Waals surface area (Å²) in [6.07, 6.45) is 0.179. The van der Waals surface area contributed by atoms with Gasteiger partial charge in [-0.15, -0.1) is 0 Å². The number of ether oxygens (including phenoxy) is 1. The molecule has 192 valence electrons. The monoisotopic (exact) mass is 526 g/mol. The van der Waals surface area contributed by atoms with E-state index in [1.54, 1.807) is 22.7 Å². The zero-order valence-electron chi connectivity index (χ0n) is 20.8. The lowest BCUT2D eigenvalue weighted by molar-refractivity contribution is 0.0154. The molecule has 0 unspecified atom stereocenters. The number of hydrogen-bond acceptors (Lipinski definition) is 6. The third-order valence-electron chi connectivity index (χ3n) is 7.50. The second-order valence-corrected chi connectivity index (χ2v) is 10.2. The number of benzene rings is 3. The van der Waals surface area contributed by atoms with Crippen LogP contribution in [0.3, 0.4) is 0 Å². The van der Waals surface area contributed by atoms with Gasteiger partial charge in [-0.25, -0.2) is 9.78 Å². The summed E-state index contributed by atoms with van der Waals surface area (Å²) in [5.41, 5.74) is 2.87. The van der Waals surface area contributed by atoms with Crippen molar-refractivity contribution < 1.29 is 14.6 Å². The van der Waals surface area contributed by atoms with Crippen molar-refractivity contribution in [3.63, 3.8) is 0 Å². The summed E-state index contributed by atoms with van der Waals surface area (Å²) in [6.45, 7) is 2.02. The number of esters is 1. The number of carbonyl (C=O) groups is 1. The molecule has 0 spiro atoms. The molecule has 7 nitrogen and oxygen atoms in total. The van der Waals surface area contributed by atoms with E-state index in [0.717, 1.165) is 22.0 Å². The first kappa shape index (κ1) is 24.4. The number of fused-ring (bicyclic) bond motifs is 2. The molecule has 1 aliphatic carbocycles. The van der Waals surface area contributed by atoms with E-state index in [-0.39, 0.29) is 30.5 Å². The Labute approximate surface area is 225 Å². The fourth-order valence-corrected chi connectivity index (χ4v) is 5.65. The molecule has 5 aromatic rings. The zero-order valence-corrected chi connectivity index (χ0v) is 21.5. The van der Waals surface area contributed by atoms with Gasteiger partial charge in [0.25, 0.3) is 0 Å². The molecule has 0 bridgehead atoms. The molecule has 1 saturated carbocycles. The van der Waals surface area contributed by atoms with Gasteiger partial charge >= 0.3 is 5.97 Å². The van der Waals surface area contributed by atoms with Crippen molar-refractivity contribution in [3.8, 4) is 11.3 Å². The number of anilines is 1. The van der Waals surface area contributed by atoms with Crippen molar-refractivity contribution in [1.29, 1.82) is 0 Å². The Hall–Kier alpha value is -3.94. The number of aliphatic hydroxyl groups is 1. The highest BCUT2D eigenvalue weighted by Gasteiger charge is 2.43. The standard InChI is InChI=1S/C30H27ClN4O3/c1-18-21(17-36)14-25(29(18)38-30(37)20-9-3-2-4-10-20)32-28-16-26(31)33-27-15-24(34-35(27)28)23-13-7-11-19-8-5-6-12-22(19)23/h2-13,15-16,18,21,25,29,32,36H,14,17H2,1H3/t18-,21-,25-,29-/m1/s1. The zero-order chi connectivity index (χ0) is 26.2. The average Bonchev–Trinajstić information content (AvgIpc) is 3.49. The van der Waals surface area contributed by atoms with E-state index in [4.69, 9.17) is 21.4 Å². The number of halogens is 1. The highest BCUT2D eigenvalue weighted by Crippen LogP contribution is 2.37. The minimum atomic E-state index is -0.449. The summed E-state index contributed by atoms with van der Waals surface area (Å²) in [4.78, 5) is 17.4. The molecule has 2 aromatic heterocycles. The lowest BCUT2D eigenvalue weighted by atomic mass is 9.98. The molecule has 0 aliphatic heterocycles. The van der Waals surface area contributed by atoms with Crippen molar-refractivity contribution in [3.05, 3.63) is 95.6 Å². The third-order valence-corrected chi connectivity index (χ3v) is 7.69. The summed E-state index contributed by atoms with van der Waals surface area (Å²) in [7, 11) is 0. The maximum Gasteiger partial charge on any atom is 0.338 e. The lowest BCUT2D eigenvalue weighted by Gasteiger charge is -2.25. The van der Waals surface area contributed by atoms with Crippen LogP contribution in [0.4, 0.5) is 5.82 Å². The first-order chi connectivity index (χ1) is 18.5. The van der Waals surface area contributed by atoms with Gasteiger partial charge in [-0.1, -0.05) is 79.2 Å². The molecule has 8 heteroatoms. The van der Waals surface area contributed by atoms with Gasteiger partial charge in [-0.3, -0.25) is 0 Å². The Balaban J connectivity index is 1.35. The second-order valence-electron chi connectivity index (χ2n) is 9.81. The van der Waals surface area contributed by atoms with E-state index in [2.05, 4.69) is 28.5 Å². The summed E-state index contributed by atoms with van der Waals surface area (Å²) in [5.74, 6) is 0.200. The SMILES string of the molecule is C[C@@H]1[C@@H](CO)C[C@@H](Nc2cc(Cl)nc3cc(-c4cccc5ccccc45)nn23)[C@@H]1OC(=O)c1ccccc1. The Morgan fingerprint density at radius 1 is 1.08 bits per heavy atom. The van der Waals surface area contributed by atoms with Crippen LogP contribution in [0.25, 0.3) is 27.7 Å². The minimum Gasteiger partial charge on any atom is -0.456 e. The second kappa shape index (κ2) is 10.1. The van der Waals surface area contributed by atoms with Crippen LogP contribution >= 0.6 is 11.6 Å². The van der Waals surface area contributed by atoms with E-state index >= 15 is 0 Å². The summed E-state index contributed by atoms with van der Waals surface area (Å²) in [5, 5.41) is 21.0. The van der Waals surface area contributed by atoms with Gasteiger partial charge < -0.3 is 15.2 Å². The van der Waals surface area contributed by atoms with E-state index in [1.807, 2.05) is 55.5 Å². The molecule has 38 heavy (non-hydrogen) atoms. The first-order valence-corrected chi connectivity index (χ1v) is 13.1. The Bertz CT molecular complexity index is 1620. The molecule has 0 radical (unpaired) electrons. The number of rotatable bonds is 6. The molecule has 0 amide bonds. The van der Waals surface area contributed by atoms with Crippen LogP contribution in [-0.2, 0) is 4.74 Å². The maximum atomic E-state index is 12.9. The molecule has 2 N–H and O–H groups in total. The summed E-state index contributed by atoms with van der Waals surface area (Å²) < 4.78 is 7.73. The highest BCUT2D eigenvalue weighted by atomic mass is 35.5. The van der Waals surface area contributed by atoms with Gasteiger partial charge in [0.05, 0.1) is 17.3 Å². The predicted octanol–water partition coefficient (Wildman–Crippen LogP) is 5.86. The first-order valence-electron chi connectivity index (χ1n) is 12.7. The average molecular weight is 527 g/mol. The Morgan fingerprint density at radius 3 is 2.66 bits per heavy atom. The van der Waals surface area contributed by atoms with Gasteiger partial charge in [0.15, 0.2) is 5.65 Å². The number of aromatic nitrogens is 3. The van der Waals surface area contributed by atoms with Crippen molar-refractivity contribution in [1.82, 2.24) is 14.6 Å². The molecule has 1 aliphatic rings. The van der Waals surface area contributed by atoms with E-state index in [0.29, 0.717) is 28.6 Å². The molecule has 0 saturated heterocycles. The number of hydrogen-bond donors (Lipinski definition) is 2. The Morgan fingerprint density at radius 2 is 1.84 bits per heavy atom. The number of aliphatic hydroxyl groups excluding tert-OH is 1. The normalized spacial score (nSPS) is 21.1. The van der Waals surface area contributed by atoms with Crippen LogP contribution in [0.15, 0.2) is 84.9 Å². The van der Waals surface area contributed by atoms with Crippen LogP contribution in [0.1, 0.15) is 23.7 Å². The molecule has 6 rings (SSSR count). The van der Waals surface area contributed by atoms with Crippen molar-refractivity contribution in [2.24, 2.45) is 11.8 Å². The molecular formula is C30H27ClN4O3. The predicted molar refractivity (Wildman–Crippen MR) is 148 cm³/mol. The number of nitrogens with zero attached hydrogens (tertiary/aromatic N) is 3. The lowest BCUT2D eigenvalue weighted by Crippen LogP contribution is -2.36. The molecule has 4 atom stereocenters. The molecular weight excluding hydrogens is 500 g/mol. The van der Waals surface area contributed by atoms with Gasteiger partial charge in [0.2, 0.25) is 0 Å². The highest BCUT2D eigenvalue weighted by molar-refractivity contribution is 6.29. The minimum absolute atomic E-state index is 0.0121. The molecule has 1 fully saturated rings. The third kappa shape index (κ3) is 4.48. The van der Waals surface area contributed by atoms with Crippen molar-refractivity contribution >= 4 is 39.8 Å². The van der Waals surface area contributed by atoms with Crippen molar-refractivity contribution in [2.75, 3.05) is 11.9 Å². The van der Waals surface area contributed by atoms with E-state index in [1.165, 1.54) is 0 Å². The van der Waals surface area contributed by atoms with Crippen LogP contribution < -0.4 is 5.32 Å². The largest absolute Gasteiger partial charge is 0.456 e. The van der Waals surface area contributed by atoms with Gasteiger partial charge in [-0.05, 0) is 35.2 Å². The molecule has 3 aromatic carbocycles. The topological polar surface area (TPSA) is 88.8 Å². The number of nitrogens with one attached hydrogen (secondary N) is 1. The maximum absolute atomic E-state index is 12.9. The number of carbonyl (C=O) groups excluding carboxylic acids is 1. The van der Waals surface area contributed by atoms with Crippen LogP contribution in [0.2, 0.25) is 5.15 Å². The van der Waals surface area contributed by atoms with Gasteiger partial charge in [-0.2, -0.15) is 9.61 Å². The fraction of sp³-hybridized carbons (Fsp3) is 0.233. The summed E-state index contributed by atoms with van der Waals surface area (Å²) in [6, 6.07) is 26.7. The Kier molecular flexibility index (Phi) is 6.47. The van der Waals surface area contributed by atoms with Crippen molar-refractivity contribution in [2.45, 2.75) is 25.5 Å². The van der Waals surface area contributed by atoms with Gasteiger partial charge in [0, 0.05) is 30.2 Å². The smallest absolute Gasteiger partial charge is 0.338 e. The molecule has 2 heterocycles. The van der Waals surface area contributed by atoms with Crippen LogP contribution in [0.5, 0.6) is 0 Å². The van der Waals surface area contributed by atoms with Crippen LogP contribution in [0, 0.1) is 11.8 Å². The van der Waals surface area contributed by atoms with Crippen LogP contribution in [-0.4, -0.2) is 44.4 Å².